The van der Waals surface area contributed by atoms with Gasteiger partial charge in [0.2, 0.25) is 11.9 Å². The molecule has 404 valence electrons. The molecule has 0 bridgehead atoms. The Labute approximate surface area is 440 Å². The van der Waals surface area contributed by atoms with Crippen LogP contribution in [0.3, 0.4) is 0 Å². The summed E-state index contributed by atoms with van der Waals surface area (Å²) in [6, 6.07) is 19.2. The number of rotatable bonds is 14. The molecule has 0 fully saturated rings. The summed E-state index contributed by atoms with van der Waals surface area (Å²) in [6.45, 7) is 0.588. The Morgan fingerprint density at radius 1 is 0.579 bits per heavy atom. The van der Waals surface area contributed by atoms with Gasteiger partial charge in [-0.1, -0.05) is 47.5 Å². The summed E-state index contributed by atoms with van der Waals surface area (Å²) in [5.41, 5.74) is 5.13. The van der Waals surface area contributed by atoms with Crippen molar-refractivity contribution in [1.82, 2.24) is 40.4 Å². The van der Waals surface area contributed by atoms with Gasteiger partial charge >= 0.3 is 12.4 Å². The van der Waals surface area contributed by atoms with Gasteiger partial charge in [0.15, 0.2) is 23.8 Å². The first-order valence-electron chi connectivity index (χ1n) is 23.4. The molecule has 2 aromatic heterocycles. The molecule has 0 saturated carbocycles. The molecule has 16 nitrogen and oxygen atoms in total. The molecule has 2 amide bonds. The molecular formula is C50H50Cl2F8N12O4. The quantitative estimate of drug-likeness (QED) is 0.0480. The first-order valence-corrected chi connectivity index (χ1v) is 24.2. The predicted octanol–water partition coefficient (Wildman–Crippen LogP) is 8.88. The van der Waals surface area contributed by atoms with Crippen molar-refractivity contribution < 1.29 is 54.9 Å². The fourth-order valence-corrected chi connectivity index (χ4v) is 8.51. The SMILES string of the molecule is CNC(=O)c1cccc(F)c1Nc1nc(Nc2ccc3c(c2)CCN(C[C@@H](O)C(F)(F)F)CC3)ncc1Cl.CNC(=O)c1cccc(F)c1Nc1nc(Nc2ccc3c(c2)CCN(C[C@@H](O)C(F)(F)F)CC3)ncc1Cl. The highest BCUT2D eigenvalue weighted by molar-refractivity contribution is 6.33. The van der Waals surface area contributed by atoms with Crippen molar-refractivity contribution in [2.24, 2.45) is 0 Å². The monoisotopic (exact) mass is 1100 g/mol. The van der Waals surface area contributed by atoms with Crippen LogP contribution < -0.4 is 31.9 Å². The summed E-state index contributed by atoms with van der Waals surface area (Å²) in [7, 11) is 2.86. The summed E-state index contributed by atoms with van der Waals surface area (Å²) in [5.74, 6) is -1.87. The Morgan fingerprint density at radius 2 is 0.947 bits per heavy atom. The van der Waals surface area contributed by atoms with Crippen LogP contribution in [0, 0.1) is 11.6 Å². The van der Waals surface area contributed by atoms with Crippen LogP contribution in [-0.4, -0.2) is 130 Å². The molecule has 26 heteroatoms. The number of fused-ring (bicyclic) bond motifs is 2. The number of nitrogens with zero attached hydrogens (tertiary/aromatic N) is 6. The fourth-order valence-electron chi connectivity index (χ4n) is 8.23. The third-order valence-electron chi connectivity index (χ3n) is 12.3. The first kappa shape index (κ1) is 56.8. The molecular weight excluding hydrogens is 1060 g/mol. The molecule has 2 atom stereocenters. The number of benzene rings is 4. The van der Waals surface area contributed by atoms with Gasteiger partial charge in [-0.25, -0.2) is 18.7 Å². The maximum atomic E-state index is 14.5. The van der Waals surface area contributed by atoms with Gasteiger partial charge in [-0.2, -0.15) is 36.3 Å². The number of anilines is 8. The number of nitrogens with one attached hydrogen (secondary N) is 6. The summed E-state index contributed by atoms with van der Waals surface area (Å²) >= 11 is 12.5. The van der Waals surface area contributed by atoms with Crippen LogP contribution in [0.5, 0.6) is 0 Å². The van der Waals surface area contributed by atoms with E-state index in [4.69, 9.17) is 23.2 Å². The molecule has 4 heterocycles. The average Bonchev–Trinajstić information content (AvgIpc) is 3.72. The average molecular weight is 1110 g/mol. The largest absolute Gasteiger partial charge is 0.415 e. The third-order valence-corrected chi connectivity index (χ3v) is 12.8. The van der Waals surface area contributed by atoms with Gasteiger partial charge in [-0.3, -0.25) is 19.4 Å². The van der Waals surface area contributed by atoms with E-state index in [1.165, 1.54) is 62.9 Å². The highest BCUT2D eigenvalue weighted by atomic mass is 35.5. The van der Waals surface area contributed by atoms with E-state index in [0.717, 1.165) is 22.3 Å². The van der Waals surface area contributed by atoms with Crippen molar-refractivity contribution in [3.63, 3.8) is 0 Å². The number of carbonyl (C=O) groups is 2. The van der Waals surface area contributed by atoms with Gasteiger partial charge in [-0.05, 0) is 96.5 Å². The van der Waals surface area contributed by atoms with Crippen LogP contribution in [0.1, 0.15) is 43.0 Å². The van der Waals surface area contributed by atoms with Gasteiger partial charge in [0, 0.05) is 64.7 Å². The molecule has 6 aromatic rings. The number of para-hydroxylation sites is 2. The Hall–Kier alpha value is -6.96. The lowest BCUT2D eigenvalue weighted by Crippen LogP contribution is -2.41. The minimum Gasteiger partial charge on any atom is -0.382 e. The maximum absolute atomic E-state index is 14.5. The number of halogens is 10. The smallest absolute Gasteiger partial charge is 0.382 e. The standard InChI is InChI=1S/2C25H25ClF4N6O2/c2*1-31-23(38)17-3-2-4-19(27)21(17)34-22-18(26)12-32-24(35-22)33-16-6-5-14-7-9-36(10-8-15(14)11-16)13-20(37)25(28,29)30/h2*2-6,11-12,20,37H,7-10,13H2,1H3,(H,31,38)(H2,32,33,34,35)/t2*20-/m11/s1. The van der Waals surface area contributed by atoms with Crippen LogP contribution in [-0.2, 0) is 25.7 Å². The molecule has 0 unspecified atom stereocenters. The van der Waals surface area contributed by atoms with E-state index < -0.39 is 61.1 Å². The molecule has 0 spiro atoms. The summed E-state index contributed by atoms with van der Waals surface area (Å²) in [4.78, 5) is 44.5. The number of hydrogen-bond donors (Lipinski definition) is 8. The number of alkyl halides is 6. The van der Waals surface area contributed by atoms with Crippen molar-refractivity contribution in [2.75, 3.05) is 74.6 Å². The second-order valence-corrected chi connectivity index (χ2v) is 18.3. The van der Waals surface area contributed by atoms with Crippen LogP contribution in [0.4, 0.5) is 81.4 Å². The lowest BCUT2D eigenvalue weighted by molar-refractivity contribution is -0.208. The topological polar surface area (TPSA) is 205 Å². The molecule has 0 saturated heterocycles. The van der Waals surface area contributed by atoms with E-state index in [1.54, 1.807) is 21.9 Å². The number of β-amino-alcohol motifs (C(OH)–C–C–N with tert-alkyl or cyclic N) is 2. The molecule has 8 rings (SSSR count). The third kappa shape index (κ3) is 14.7. The van der Waals surface area contributed by atoms with Gasteiger partial charge in [0.25, 0.3) is 11.8 Å². The molecule has 2 aliphatic rings. The van der Waals surface area contributed by atoms with E-state index in [2.05, 4.69) is 51.8 Å². The van der Waals surface area contributed by atoms with Crippen molar-refractivity contribution in [1.29, 1.82) is 0 Å². The van der Waals surface area contributed by atoms with Gasteiger partial charge in [-0.15, -0.1) is 0 Å². The van der Waals surface area contributed by atoms with Gasteiger partial charge in [0.1, 0.15) is 21.7 Å². The number of aromatic nitrogens is 4. The predicted molar refractivity (Wildman–Crippen MR) is 271 cm³/mol. The van der Waals surface area contributed by atoms with Crippen molar-refractivity contribution >= 4 is 81.3 Å². The van der Waals surface area contributed by atoms with E-state index in [9.17, 15) is 54.9 Å². The molecule has 76 heavy (non-hydrogen) atoms. The summed E-state index contributed by atoms with van der Waals surface area (Å²) in [6.07, 6.45) is -9.34. The van der Waals surface area contributed by atoms with E-state index in [-0.39, 0.29) is 56.1 Å². The second kappa shape index (κ2) is 24.8. The molecule has 0 aliphatic carbocycles. The van der Waals surface area contributed by atoms with Crippen LogP contribution in [0.25, 0.3) is 0 Å². The summed E-state index contributed by atoms with van der Waals surface area (Å²) in [5, 5.41) is 35.6. The fraction of sp³-hybridized carbons (Fsp3) is 0.320. The van der Waals surface area contributed by atoms with Gasteiger partial charge < -0.3 is 42.1 Å². The lowest BCUT2D eigenvalue weighted by Gasteiger charge is -2.24. The van der Waals surface area contributed by atoms with Crippen molar-refractivity contribution in [3.05, 3.63) is 140 Å². The minimum absolute atomic E-state index is 0.0687. The minimum atomic E-state index is -4.65. The first-order chi connectivity index (χ1) is 36.1. The normalized spacial score (nSPS) is 14.8. The second-order valence-electron chi connectivity index (χ2n) is 17.4. The van der Waals surface area contributed by atoms with E-state index in [1.807, 2.05) is 24.3 Å². The zero-order valence-electron chi connectivity index (χ0n) is 40.5. The van der Waals surface area contributed by atoms with E-state index >= 15 is 0 Å². The Morgan fingerprint density at radius 3 is 1.30 bits per heavy atom. The zero-order chi connectivity index (χ0) is 54.9. The molecule has 2 aliphatic heterocycles. The Balaban J connectivity index is 0.000000221. The van der Waals surface area contributed by atoms with Crippen molar-refractivity contribution in [2.45, 2.75) is 50.2 Å². The number of hydrogen-bond acceptors (Lipinski definition) is 14. The number of aliphatic hydroxyl groups excluding tert-OH is 2. The molecule has 8 N–H and O–H groups in total. The molecule has 4 aromatic carbocycles. The van der Waals surface area contributed by atoms with Crippen molar-refractivity contribution in [3.8, 4) is 0 Å². The Kier molecular flexibility index (Phi) is 18.5. The number of aliphatic hydroxyl groups is 2. The van der Waals surface area contributed by atoms with Gasteiger partial charge in [0.05, 0.1) is 34.9 Å². The molecule has 0 radical (unpaired) electrons. The summed E-state index contributed by atoms with van der Waals surface area (Å²) < 4.78 is 106. The number of carbonyl (C=O) groups excluding carboxylic acids is 2. The van der Waals surface area contributed by atoms with Crippen LogP contribution in [0.15, 0.2) is 85.2 Å². The lowest BCUT2D eigenvalue weighted by atomic mass is 10.0. The maximum Gasteiger partial charge on any atom is 0.415 e. The highest BCUT2D eigenvalue weighted by Gasteiger charge is 2.40. The number of amides is 2. The Bertz CT molecular complexity index is 2850. The van der Waals surface area contributed by atoms with Crippen LogP contribution >= 0.6 is 23.2 Å². The van der Waals surface area contributed by atoms with Crippen LogP contribution in [0.2, 0.25) is 10.0 Å². The van der Waals surface area contributed by atoms with E-state index in [0.29, 0.717) is 63.2 Å². The zero-order valence-corrected chi connectivity index (χ0v) is 42.0. The highest BCUT2D eigenvalue weighted by Crippen LogP contribution is 2.33.